The summed E-state index contributed by atoms with van der Waals surface area (Å²) in [6.45, 7) is 9.49. The Morgan fingerprint density at radius 2 is 1.82 bits per heavy atom. The fourth-order valence-electron chi connectivity index (χ4n) is 3.20. The molecule has 1 heterocycles. The number of piperazine rings is 1. The molecular formula is C22H26BrClN2O2. The summed E-state index contributed by atoms with van der Waals surface area (Å²) in [7, 11) is 0. The number of halogens is 2. The highest BCUT2D eigenvalue weighted by molar-refractivity contribution is 9.10. The monoisotopic (exact) mass is 464 g/mol. The van der Waals surface area contributed by atoms with Gasteiger partial charge in [-0.1, -0.05) is 44.5 Å². The van der Waals surface area contributed by atoms with Crippen molar-refractivity contribution in [3.05, 3.63) is 57.5 Å². The van der Waals surface area contributed by atoms with Gasteiger partial charge in [-0.2, -0.15) is 0 Å². The first-order valence-electron chi connectivity index (χ1n) is 9.45. The molecule has 0 spiro atoms. The highest BCUT2D eigenvalue weighted by Crippen LogP contribution is 2.31. The molecule has 150 valence electrons. The first-order valence-corrected chi connectivity index (χ1v) is 10.6. The molecule has 0 atom stereocenters. The third-order valence-corrected chi connectivity index (χ3v) is 5.81. The highest BCUT2D eigenvalue weighted by Gasteiger charge is 2.22. The molecule has 2 aromatic rings. The Morgan fingerprint density at radius 3 is 2.43 bits per heavy atom. The van der Waals surface area contributed by atoms with Crippen molar-refractivity contribution >= 4 is 39.1 Å². The van der Waals surface area contributed by atoms with Gasteiger partial charge >= 0.3 is 0 Å². The van der Waals surface area contributed by atoms with Gasteiger partial charge in [-0.25, -0.2) is 0 Å². The first kappa shape index (κ1) is 21.0. The fourth-order valence-corrected chi connectivity index (χ4v) is 3.88. The van der Waals surface area contributed by atoms with Crippen molar-refractivity contribution in [1.29, 1.82) is 0 Å². The van der Waals surface area contributed by atoms with Gasteiger partial charge in [-0.15, -0.1) is 0 Å². The van der Waals surface area contributed by atoms with Crippen LogP contribution in [0.5, 0.6) is 5.75 Å². The minimum atomic E-state index is 0.0116. The standard InChI is InChI=1S/C22H26BrClN2O2/c1-22(2,3)16-7-8-20(19(23)13-16)28-15-21(27)26-11-9-25(10-12-26)18-6-4-5-17(24)14-18/h4-8,13-14H,9-12,15H2,1-3H3. The van der Waals surface area contributed by atoms with Crippen molar-refractivity contribution in [2.75, 3.05) is 37.7 Å². The van der Waals surface area contributed by atoms with Crippen LogP contribution in [0.4, 0.5) is 5.69 Å². The van der Waals surface area contributed by atoms with E-state index >= 15 is 0 Å². The fraction of sp³-hybridized carbons (Fsp3) is 0.409. The molecule has 4 nitrogen and oxygen atoms in total. The molecule has 3 rings (SSSR count). The maximum Gasteiger partial charge on any atom is 0.260 e. The van der Waals surface area contributed by atoms with E-state index in [1.807, 2.05) is 41.3 Å². The van der Waals surface area contributed by atoms with Crippen molar-refractivity contribution < 1.29 is 9.53 Å². The second-order valence-electron chi connectivity index (χ2n) is 8.03. The predicted molar refractivity (Wildman–Crippen MR) is 119 cm³/mol. The van der Waals surface area contributed by atoms with Crippen LogP contribution >= 0.6 is 27.5 Å². The topological polar surface area (TPSA) is 32.8 Å². The number of carbonyl (C=O) groups is 1. The number of hydrogen-bond donors (Lipinski definition) is 0. The minimum absolute atomic E-state index is 0.0116. The zero-order valence-electron chi connectivity index (χ0n) is 16.5. The van der Waals surface area contributed by atoms with Crippen molar-refractivity contribution in [2.24, 2.45) is 0 Å². The second kappa shape index (κ2) is 8.75. The van der Waals surface area contributed by atoms with Crippen LogP contribution in [0.15, 0.2) is 46.9 Å². The molecule has 0 unspecified atom stereocenters. The lowest BCUT2D eigenvalue weighted by molar-refractivity contribution is -0.133. The van der Waals surface area contributed by atoms with Crippen molar-refractivity contribution in [1.82, 2.24) is 4.90 Å². The number of carbonyl (C=O) groups excluding carboxylic acids is 1. The molecular weight excluding hydrogens is 440 g/mol. The van der Waals surface area contributed by atoms with Gasteiger partial charge < -0.3 is 14.5 Å². The van der Waals surface area contributed by atoms with Crippen LogP contribution in [0.2, 0.25) is 5.02 Å². The molecule has 2 aromatic carbocycles. The predicted octanol–water partition coefficient (Wildman–Crippen LogP) is 5.13. The molecule has 1 saturated heterocycles. The van der Waals surface area contributed by atoms with Gasteiger partial charge in [0, 0.05) is 36.9 Å². The zero-order chi connectivity index (χ0) is 20.3. The molecule has 0 radical (unpaired) electrons. The van der Waals surface area contributed by atoms with Crippen LogP contribution in [0, 0.1) is 0 Å². The molecule has 0 N–H and O–H groups in total. The van der Waals surface area contributed by atoms with Crippen molar-refractivity contribution in [3.8, 4) is 5.75 Å². The van der Waals surface area contributed by atoms with Gasteiger partial charge in [0.05, 0.1) is 4.47 Å². The number of nitrogens with zero attached hydrogens (tertiary/aromatic N) is 2. The van der Waals surface area contributed by atoms with E-state index in [0.29, 0.717) is 18.8 Å². The van der Waals surface area contributed by atoms with E-state index in [9.17, 15) is 4.79 Å². The lowest BCUT2D eigenvalue weighted by atomic mass is 9.87. The van der Waals surface area contributed by atoms with E-state index in [4.69, 9.17) is 16.3 Å². The quantitative estimate of drug-likeness (QED) is 0.628. The Balaban J connectivity index is 1.52. The molecule has 0 aromatic heterocycles. The van der Waals surface area contributed by atoms with Crippen LogP contribution in [-0.4, -0.2) is 43.6 Å². The molecule has 0 bridgehead atoms. The lowest BCUT2D eigenvalue weighted by Gasteiger charge is -2.36. The van der Waals surface area contributed by atoms with E-state index in [2.05, 4.69) is 47.7 Å². The zero-order valence-corrected chi connectivity index (χ0v) is 18.9. The van der Waals surface area contributed by atoms with Gasteiger partial charge in [0.1, 0.15) is 5.75 Å². The smallest absolute Gasteiger partial charge is 0.260 e. The first-order chi connectivity index (χ1) is 13.2. The molecule has 1 aliphatic rings. The van der Waals surface area contributed by atoms with Crippen LogP contribution in [0.25, 0.3) is 0 Å². The number of hydrogen-bond acceptors (Lipinski definition) is 3. The maximum atomic E-state index is 12.6. The van der Waals surface area contributed by atoms with Crippen molar-refractivity contribution in [3.63, 3.8) is 0 Å². The van der Waals surface area contributed by atoms with E-state index < -0.39 is 0 Å². The van der Waals surface area contributed by atoms with Crippen molar-refractivity contribution in [2.45, 2.75) is 26.2 Å². The van der Waals surface area contributed by atoms with E-state index in [0.717, 1.165) is 28.3 Å². The number of ether oxygens (including phenoxy) is 1. The molecule has 1 amide bonds. The maximum absolute atomic E-state index is 12.6. The van der Waals surface area contributed by atoms with E-state index in [1.165, 1.54) is 5.56 Å². The Kier molecular flexibility index (Phi) is 6.56. The normalized spacial score (nSPS) is 14.9. The van der Waals surface area contributed by atoms with E-state index in [1.54, 1.807) is 0 Å². The minimum Gasteiger partial charge on any atom is -0.483 e. The summed E-state index contributed by atoms with van der Waals surface area (Å²) in [5.41, 5.74) is 2.38. The molecule has 6 heteroatoms. The highest BCUT2D eigenvalue weighted by atomic mass is 79.9. The van der Waals surface area contributed by atoms with Crippen LogP contribution < -0.4 is 9.64 Å². The average molecular weight is 466 g/mol. The second-order valence-corrected chi connectivity index (χ2v) is 9.32. The number of benzene rings is 2. The third-order valence-electron chi connectivity index (χ3n) is 4.95. The Labute approximate surface area is 180 Å². The Bertz CT molecular complexity index is 843. The van der Waals surface area contributed by atoms with Crippen LogP contribution in [0.1, 0.15) is 26.3 Å². The SMILES string of the molecule is CC(C)(C)c1ccc(OCC(=O)N2CCN(c3cccc(Cl)c3)CC2)c(Br)c1. The molecule has 1 fully saturated rings. The largest absolute Gasteiger partial charge is 0.483 e. The summed E-state index contributed by atoms with van der Waals surface area (Å²) in [6, 6.07) is 13.9. The third kappa shape index (κ3) is 5.21. The van der Waals surface area contributed by atoms with Gasteiger partial charge in [-0.05, 0) is 57.2 Å². The summed E-state index contributed by atoms with van der Waals surface area (Å²) in [5, 5.41) is 0.729. The summed E-state index contributed by atoms with van der Waals surface area (Å²) in [6.07, 6.45) is 0. The average Bonchev–Trinajstić information content (AvgIpc) is 2.66. The number of amides is 1. The molecule has 0 aliphatic carbocycles. The lowest BCUT2D eigenvalue weighted by Crippen LogP contribution is -2.50. The van der Waals surface area contributed by atoms with Gasteiger partial charge in [0.15, 0.2) is 6.61 Å². The van der Waals surface area contributed by atoms with Crippen LogP contribution in [-0.2, 0) is 10.2 Å². The summed E-state index contributed by atoms with van der Waals surface area (Å²) >= 11 is 9.64. The molecule has 1 aliphatic heterocycles. The summed E-state index contributed by atoms with van der Waals surface area (Å²) in [5.74, 6) is 0.705. The number of rotatable bonds is 4. The summed E-state index contributed by atoms with van der Waals surface area (Å²) in [4.78, 5) is 16.7. The summed E-state index contributed by atoms with van der Waals surface area (Å²) < 4.78 is 6.65. The number of anilines is 1. The molecule has 0 saturated carbocycles. The van der Waals surface area contributed by atoms with Gasteiger partial charge in [0.25, 0.3) is 5.91 Å². The Morgan fingerprint density at radius 1 is 1.11 bits per heavy atom. The molecule has 28 heavy (non-hydrogen) atoms. The van der Waals surface area contributed by atoms with Gasteiger partial charge in [-0.3, -0.25) is 4.79 Å². The Hall–Kier alpha value is -1.72. The van der Waals surface area contributed by atoms with E-state index in [-0.39, 0.29) is 17.9 Å². The van der Waals surface area contributed by atoms with Gasteiger partial charge in [0.2, 0.25) is 0 Å². The van der Waals surface area contributed by atoms with Crippen LogP contribution in [0.3, 0.4) is 0 Å².